The van der Waals surface area contributed by atoms with Gasteiger partial charge in [-0.05, 0) is 37.4 Å². The molecule has 1 fully saturated rings. The van der Waals surface area contributed by atoms with E-state index in [1.54, 1.807) is 0 Å². The predicted molar refractivity (Wildman–Crippen MR) is 106 cm³/mol. The summed E-state index contributed by atoms with van der Waals surface area (Å²) in [6.07, 6.45) is -7.54. The first-order valence-electron chi connectivity index (χ1n) is 9.80. The Kier molecular flexibility index (Phi) is 9.46. The zero-order valence-corrected chi connectivity index (χ0v) is 18.3. The fraction of sp³-hybridized carbons (Fsp3) is 0.526. The van der Waals surface area contributed by atoms with Crippen molar-refractivity contribution in [2.24, 2.45) is 0 Å². The smallest absolute Gasteiger partial charge is 0.475 e. The number of nitrogens with zero attached hydrogens (tertiary/aromatic N) is 3. The molecule has 2 aromatic rings. The lowest BCUT2D eigenvalue weighted by Gasteiger charge is -2.14. The fourth-order valence-corrected chi connectivity index (χ4v) is 3.84. The number of fused-ring (bicyclic) bond motifs is 1. The molecule has 2 aliphatic rings. The van der Waals surface area contributed by atoms with Crippen LogP contribution in [0.1, 0.15) is 35.1 Å². The maximum atomic E-state index is 10.6. The summed E-state index contributed by atoms with van der Waals surface area (Å²) in [7, 11) is 0. The third-order valence-corrected chi connectivity index (χ3v) is 5.43. The molecule has 0 aromatic carbocycles. The Bertz CT molecular complexity index is 892. The van der Waals surface area contributed by atoms with Crippen LogP contribution in [-0.2, 0) is 35.8 Å². The third kappa shape index (κ3) is 8.95. The van der Waals surface area contributed by atoms with E-state index in [0.717, 1.165) is 43.5 Å². The summed E-state index contributed by atoms with van der Waals surface area (Å²) >= 11 is 1.82. The van der Waals surface area contributed by atoms with Crippen molar-refractivity contribution in [3.63, 3.8) is 0 Å². The molecule has 0 bridgehead atoms. The Morgan fingerprint density at radius 1 is 0.971 bits per heavy atom. The van der Waals surface area contributed by atoms with Crippen LogP contribution in [0.25, 0.3) is 0 Å². The van der Waals surface area contributed by atoms with Gasteiger partial charge in [-0.1, -0.05) is 6.07 Å². The van der Waals surface area contributed by atoms with Gasteiger partial charge in [-0.15, -0.1) is 11.3 Å². The van der Waals surface area contributed by atoms with Crippen molar-refractivity contribution in [2.45, 2.75) is 51.4 Å². The molecule has 0 aliphatic carbocycles. The predicted octanol–water partition coefficient (Wildman–Crippen LogP) is 4.11. The summed E-state index contributed by atoms with van der Waals surface area (Å²) in [5.74, 6) is -3.52. The lowest BCUT2D eigenvalue weighted by atomic mass is 10.4. The van der Waals surface area contributed by atoms with Crippen LogP contribution in [0.2, 0.25) is 0 Å². The van der Waals surface area contributed by atoms with Crippen LogP contribution in [0.4, 0.5) is 26.3 Å². The van der Waals surface area contributed by atoms with Gasteiger partial charge in [-0.2, -0.15) is 26.3 Å². The molecular weight excluding hydrogens is 496 g/mol. The SMILES string of the molecule is O=C(O)C(F)(F)F.O=C(O)C(F)(F)F.c1csc(CN2Cc3nc(CN4CCCC4)oc3C2)c1. The molecule has 0 atom stereocenters. The molecule has 2 aromatic heterocycles. The largest absolute Gasteiger partial charge is 0.490 e. The van der Waals surface area contributed by atoms with E-state index in [9.17, 15) is 26.3 Å². The molecule has 2 aliphatic heterocycles. The highest BCUT2D eigenvalue weighted by molar-refractivity contribution is 7.09. The minimum Gasteiger partial charge on any atom is -0.475 e. The molecule has 0 unspecified atom stereocenters. The Morgan fingerprint density at radius 3 is 1.97 bits per heavy atom. The summed E-state index contributed by atoms with van der Waals surface area (Å²) in [5, 5.41) is 16.4. The average molecular weight is 517 g/mol. The molecule has 15 heteroatoms. The minimum atomic E-state index is -5.08. The zero-order valence-electron chi connectivity index (χ0n) is 17.5. The van der Waals surface area contributed by atoms with Crippen LogP contribution < -0.4 is 0 Å². The standard InChI is InChI=1S/C15H19N3OS.2C2HF3O2/c1-2-6-17(5-1)11-15-16-13-9-18(10-14(13)19-15)8-12-4-3-7-20-12;2*3-2(4,5)1(6)7/h3-4,7H,1-2,5-6,8-11H2;2*(H,6,7). The molecule has 0 radical (unpaired) electrons. The van der Waals surface area contributed by atoms with E-state index in [1.807, 2.05) is 11.3 Å². The van der Waals surface area contributed by atoms with Gasteiger partial charge in [0.15, 0.2) is 0 Å². The molecule has 4 rings (SSSR count). The number of rotatable bonds is 4. The van der Waals surface area contributed by atoms with E-state index in [4.69, 9.17) is 24.2 Å². The van der Waals surface area contributed by atoms with E-state index in [-0.39, 0.29) is 0 Å². The highest BCUT2D eigenvalue weighted by Gasteiger charge is 2.38. The molecule has 0 spiro atoms. The van der Waals surface area contributed by atoms with Crippen LogP contribution >= 0.6 is 11.3 Å². The van der Waals surface area contributed by atoms with Crippen LogP contribution in [0.3, 0.4) is 0 Å². The summed E-state index contributed by atoms with van der Waals surface area (Å²) < 4.78 is 69.4. The number of oxazole rings is 1. The van der Waals surface area contributed by atoms with Crippen molar-refractivity contribution in [3.8, 4) is 0 Å². The summed E-state index contributed by atoms with van der Waals surface area (Å²) in [6, 6.07) is 4.30. The number of halogens is 6. The monoisotopic (exact) mass is 517 g/mol. The summed E-state index contributed by atoms with van der Waals surface area (Å²) in [6.45, 7) is 6.11. The molecule has 8 nitrogen and oxygen atoms in total. The summed E-state index contributed by atoms with van der Waals surface area (Å²) in [5.41, 5.74) is 1.15. The maximum Gasteiger partial charge on any atom is 0.490 e. The van der Waals surface area contributed by atoms with E-state index >= 15 is 0 Å². The van der Waals surface area contributed by atoms with Crippen LogP contribution in [0, 0.1) is 0 Å². The number of carboxylic acids is 2. The third-order valence-electron chi connectivity index (χ3n) is 4.57. The molecule has 34 heavy (non-hydrogen) atoms. The highest BCUT2D eigenvalue weighted by atomic mass is 32.1. The van der Waals surface area contributed by atoms with Crippen molar-refractivity contribution in [2.75, 3.05) is 13.1 Å². The molecule has 190 valence electrons. The fourth-order valence-electron chi connectivity index (χ4n) is 3.09. The van der Waals surface area contributed by atoms with Gasteiger partial charge in [0, 0.05) is 18.0 Å². The molecule has 4 heterocycles. The van der Waals surface area contributed by atoms with Gasteiger partial charge < -0.3 is 14.6 Å². The molecule has 0 amide bonds. The number of hydrogen-bond donors (Lipinski definition) is 2. The highest BCUT2D eigenvalue weighted by Crippen LogP contribution is 2.26. The summed E-state index contributed by atoms with van der Waals surface area (Å²) in [4.78, 5) is 28.7. The van der Waals surface area contributed by atoms with Gasteiger partial charge in [0.25, 0.3) is 0 Å². The van der Waals surface area contributed by atoms with E-state index in [0.29, 0.717) is 0 Å². The number of carboxylic acid groups (broad SMARTS) is 2. The second kappa shape index (κ2) is 11.7. The Labute approximate surface area is 193 Å². The van der Waals surface area contributed by atoms with Gasteiger partial charge in [0.2, 0.25) is 5.89 Å². The molecule has 2 N–H and O–H groups in total. The zero-order chi connectivity index (χ0) is 25.5. The van der Waals surface area contributed by atoms with Crippen LogP contribution in [0.15, 0.2) is 21.9 Å². The van der Waals surface area contributed by atoms with Crippen molar-refractivity contribution in [1.82, 2.24) is 14.8 Å². The lowest BCUT2D eigenvalue weighted by molar-refractivity contribution is -0.193. The topological polar surface area (TPSA) is 107 Å². The number of carbonyl (C=O) groups is 2. The second-order valence-electron chi connectivity index (χ2n) is 7.29. The number of hydrogen-bond acceptors (Lipinski definition) is 7. The van der Waals surface area contributed by atoms with Gasteiger partial charge >= 0.3 is 24.3 Å². The van der Waals surface area contributed by atoms with Gasteiger partial charge in [0.1, 0.15) is 5.76 Å². The Morgan fingerprint density at radius 2 is 1.53 bits per heavy atom. The van der Waals surface area contributed by atoms with Crippen molar-refractivity contribution in [1.29, 1.82) is 0 Å². The van der Waals surface area contributed by atoms with Crippen molar-refractivity contribution < 1.29 is 50.6 Å². The number of thiophene rings is 1. The lowest BCUT2D eigenvalue weighted by Crippen LogP contribution is -2.21. The molecule has 0 saturated carbocycles. The maximum absolute atomic E-state index is 10.6. The number of alkyl halides is 6. The first-order valence-corrected chi connectivity index (χ1v) is 10.7. The Balaban J connectivity index is 0.000000244. The Hall–Kier alpha value is -2.65. The molecule has 1 saturated heterocycles. The second-order valence-corrected chi connectivity index (χ2v) is 8.32. The van der Waals surface area contributed by atoms with Gasteiger partial charge in [0.05, 0.1) is 18.8 Å². The van der Waals surface area contributed by atoms with E-state index in [2.05, 4.69) is 32.3 Å². The number of aliphatic carboxylic acids is 2. The average Bonchev–Trinajstić information content (AvgIpc) is 3.48. The molecular formula is C19H21F6N3O5S. The van der Waals surface area contributed by atoms with Crippen LogP contribution in [0.5, 0.6) is 0 Å². The number of likely N-dealkylation sites (tertiary alicyclic amines) is 1. The van der Waals surface area contributed by atoms with Gasteiger partial charge in [-0.25, -0.2) is 14.6 Å². The van der Waals surface area contributed by atoms with Crippen molar-refractivity contribution in [3.05, 3.63) is 39.7 Å². The first kappa shape index (κ1) is 27.6. The number of aromatic nitrogens is 1. The normalized spacial score (nSPS) is 16.3. The van der Waals surface area contributed by atoms with E-state index < -0.39 is 24.3 Å². The van der Waals surface area contributed by atoms with E-state index in [1.165, 1.54) is 30.8 Å². The van der Waals surface area contributed by atoms with Gasteiger partial charge in [-0.3, -0.25) is 9.80 Å². The van der Waals surface area contributed by atoms with Crippen LogP contribution in [-0.4, -0.2) is 62.4 Å². The first-order chi connectivity index (χ1) is 15.8. The quantitative estimate of drug-likeness (QED) is 0.584. The minimum absolute atomic E-state index is 0.887. The van der Waals surface area contributed by atoms with Crippen molar-refractivity contribution >= 4 is 23.3 Å².